The maximum atomic E-state index is 12.3. The molecule has 0 unspecified atom stereocenters. The van der Waals surface area contributed by atoms with Crippen LogP contribution in [0.15, 0.2) is 42.5 Å². The average Bonchev–Trinajstić information content (AvgIpc) is 2.61. The van der Waals surface area contributed by atoms with E-state index in [1.165, 1.54) is 0 Å². The molecule has 0 aliphatic carbocycles. The van der Waals surface area contributed by atoms with Crippen molar-refractivity contribution in [1.29, 1.82) is 0 Å². The average molecular weight is 433 g/mol. The predicted octanol–water partition coefficient (Wildman–Crippen LogP) is 5.85. The van der Waals surface area contributed by atoms with Crippen LogP contribution in [0.4, 0.5) is 0 Å². The summed E-state index contributed by atoms with van der Waals surface area (Å²) in [6.45, 7) is 2.47. The van der Waals surface area contributed by atoms with Crippen molar-refractivity contribution < 1.29 is 9.53 Å². The third kappa shape index (κ3) is 6.92. The van der Waals surface area contributed by atoms with E-state index in [1.54, 1.807) is 42.1 Å². The minimum absolute atomic E-state index is 0.127. The molecule has 0 bridgehead atoms. The van der Waals surface area contributed by atoms with Gasteiger partial charge in [0.2, 0.25) is 0 Å². The van der Waals surface area contributed by atoms with Gasteiger partial charge in [-0.25, -0.2) is 0 Å². The first-order valence-electron chi connectivity index (χ1n) is 8.21. The van der Waals surface area contributed by atoms with Crippen molar-refractivity contribution >= 4 is 52.5 Å². The molecule has 1 N–H and O–H groups in total. The molecule has 0 spiro atoms. The Bertz CT molecular complexity index is 742. The number of carbonyl (C=O) groups excluding carboxylic acids is 1. The molecule has 7 heteroatoms. The van der Waals surface area contributed by atoms with Crippen molar-refractivity contribution in [3.8, 4) is 5.75 Å². The Labute approximate surface area is 173 Å². The normalized spacial score (nSPS) is 11.8. The van der Waals surface area contributed by atoms with Crippen LogP contribution in [0.5, 0.6) is 5.75 Å². The Hall–Kier alpha value is -1.07. The minimum Gasteiger partial charge on any atom is -0.481 e. The summed E-state index contributed by atoms with van der Waals surface area (Å²) in [5.41, 5.74) is 1.03. The second kappa shape index (κ2) is 10.9. The van der Waals surface area contributed by atoms with Gasteiger partial charge in [-0.3, -0.25) is 4.79 Å². The molecule has 0 saturated carbocycles. The standard InChI is InChI=1S/C19H20Cl3NO2S/c1-2-18(25-16-5-3-4-14(20)10-16)19(24)23-8-9-26-12-13-6-7-15(21)11-17(13)22/h3-7,10-11,18H,2,8-9,12H2,1H3,(H,23,24)/t18-/m1/s1. The van der Waals surface area contributed by atoms with Crippen molar-refractivity contribution in [3.05, 3.63) is 63.1 Å². The van der Waals surface area contributed by atoms with Crippen LogP contribution in [0.25, 0.3) is 0 Å². The molecular formula is C19H20Cl3NO2S. The van der Waals surface area contributed by atoms with Crippen LogP contribution >= 0.6 is 46.6 Å². The van der Waals surface area contributed by atoms with Gasteiger partial charge in [0.1, 0.15) is 5.75 Å². The molecule has 2 aromatic rings. The van der Waals surface area contributed by atoms with Crippen LogP contribution in [0.2, 0.25) is 15.1 Å². The molecule has 26 heavy (non-hydrogen) atoms. The first kappa shape index (κ1) is 21.2. The van der Waals surface area contributed by atoms with E-state index in [-0.39, 0.29) is 5.91 Å². The summed E-state index contributed by atoms with van der Waals surface area (Å²) < 4.78 is 5.73. The monoisotopic (exact) mass is 431 g/mol. The van der Waals surface area contributed by atoms with E-state index < -0.39 is 6.10 Å². The summed E-state index contributed by atoms with van der Waals surface area (Å²) >= 11 is 19.7. The van der Waals surface area contributed by atoms with Gasteiger partial charge in [-0.2, -0.15) is 11.8 Å². The number of amides is 1. The number of halogens is 3. The van der Waals surface area contributed by atoms with E-state index >= 15 is 0 Å². The molecule has 1 atom stereocenters. The fourth-order valence-electron chi connectivity index (χ4n) is 2.21. The van der Waals surface area contributed by atoms with E-state index in [2.05, 4.69) is 5.32 Å². The summed E-state index contributed by atoms with van der Waals surface area (Å²) in [5, 5.41) is 4.77. The van der Waals surface area contributed by atoms with Crippen LogP contribution in [-0.2, 0) is 10.5 Å². The second-order valence-electron chi connectivity index (χ2n) is 5.55. The predicted molar refractivity (Wildman–Crippen MR) is 112 cm³/mol. The highest BCUT2D eigenvalue weighted by molar-refractivity contribution is 7.98. The van der Waals surface area contributed by atoms with E-state index in [4.69, 9.17) is 39.5 Å². The highest BCUT2D eigenvalue weighted by Gasteiger charge is 2.17. The van der Waals surface area contributed by atoms with Crippen molar-refractivity contribution in [2.75, 3.05) is 12.3 Å². The van der Waals surface area contributed by atoms with E-state index in [0.29, 0.717) is 33.8 Å². The Morgan fingerprint density at radius 1 is 1.15 bits per heavy atom. The number of benzene rings is 2. The fourth-order valence-corrected chi connectivity index (χ4v) is 3.81. The summed E-state index contributed by atoms with van der Waals surface area (Å²) in [7, 11) is 0. The van der Waals surface area contributed by atoms with Crippen LogP contribution < -0.4 is 10.1 Å². The molecule has 0 aromatic heterocycles. The molecule has 2 rings (SSSR count). The first-order chi connectivity index (χ1) is 12.5. The summed E-state index contributed by atoms with van der Waals surface area (Å²) in [6.07, 6.45) is 0.0375. The fraction of sp³-hybridized carbons (Fsp3) is 0.316. The van der Waals surface area contributed by atoms with Crippen LogP contribution in [0.1, 0.15) is 18.9 Å². The van der Waals surface area contributed by atoms with Crippen molar-refractivity contribution in [2.45, 2.75) is 25.2 Å². The summed E-state index contributed by atoms with van der Waals surface area (Å²) in [4.78, 5) is 12.3. The highest BCUT2D eigenvalue weighted by Crippen LogP contribution is 2.24. The molecule has 0 fully saturated rings. The van der Waals surface area contributed by atoms with Gasteiger partial charge in [0, 0.05) is 33.1 Å². The molecule has 0 aliphatic heterocycles. The first-order valence-corrected chi connectivity index (χ1v) is 10.5. The molecule has 0 saturated heterocycles. The summed E-state index contributed by atoms with van der Waals surface area (Å²) in [5.74, 6) is 2.00. The van der Waals surface area contributed by atoms with E-state index in [0.717, 1.165) is 17.1 Å². The zero-order valence-electron chi connectivity index (χ0n) is 14.3. The molecule has 0 heterocycles. The van der Waals surface area contributed by atoms with Crippen molar-refractivity contribution in [3.63, 3.8) is 0 Å². The van der Waals surface area contributed by atoms with Gasteiger partial charge in [-0.1, -0.05) is 53.9 Å². The lowest BCUT2D eigenvalue weighted by molar-refractivity contribution is -0.127. The molecule has 0 radical (unpaired) electrons. The Morgan fingerprint density at radius 3 is 2.62 bits per heavy atom. The SMILES string of the molecule is CC[C@@H](Oc1cccc(Cl)c1)C(=O)NCCSCc1ccc(Cl)cc1Cl. The van der Waals surface area contributed by atoms with Crippen LogP contribution in [0, 0.1) is 0 Å². The van der Waals surface area contributed by atoms with Crippen LogP contribution in [0.3, 0.4) is 0 Å². The number of thioether (sulfide) groups is 1. The molecular weight excluding hydrogens is 413 g/mol. The number of carbonyl (C=O) groups is 1. The zero-order valence-corrected chi connectivity index (χ0v) is 17.4. The third-order valence-corrected chi connectivity index (χ3v) is 5.39. The van der Waals surface area contributed by atoms with Crippen molar-refractivity contribution in [1.82, 2.24) is 5.32 Å². The van der Waals surface area contributed by atoms with E-state index in [1.807, 2.05) is 19.1 Å². The van der Waals surface area contributed by atoms with E-state index in [9.17, 15) is 4.79 Å². The minimum atomic E-state index is -0.538. The van der Waals surface area contributed by atoms with Gasteiger partial charge in [-0.15, -0.1) is 0 Å². The number of ether oxygens (including phenoxy) is 1. The quantitative estimate of drug-likeness (QED) is 0.505. The number of nitrogens with one attached hydrogen (secondary N) is 1. The maximum absolute atomic E-state index is 12.3. The lowest BCUT2D eigenvalue weighted by Gasteiger charge is -2.17. The number of hydrogen-bond acceptors (Lipinski definition) is 3. The van der Waals surface area contributed by atoms with Gasteiger partial charge in [-0.05, 0) is 42.3 Å². The molecule has 1 amide bonds. The number of rotatable bonds is 9. The molecule has 2 aromatic carbocycles. The van der Waals surface area contributed by atoms with Gasteiger partial charge in [0.05, 0.1) is 0 Å². The van der Waals surface area contributed by atoms with Crippen molar-refractivity contribution in [2.24, 2.45) is 0 Å². The highest BCUT2D eigenvalue weighted by atomic mass is 35.5. The molecule has 140 valence electrons. The lowest BCUT2D eigenvalue weighted by atomic mass is 10.2. The van der Waals surface area contributed by atoms with Gasteiger partial charge in [0.25, 0.3) is 5.91 Å². The topological polar surface area (TPSA) is 38.3 Å². The van der Waals surface area contributed by atoms with Gasteiger partial charge >= 0.3 is 0 Å². The smallest absolute Gasteiger partial charge is 0.261 e. The van der Waals surface area contributed by atoms with Gasteiger partial charge in [0.15, 0.2) is 6.10 Å². The lowest BCUT2D eigenvalue weighted by Crippen LogP contribution is -2.39. The molecule has 3 nitrogen and oxygen atoms in total. The second-order valence-corrected chi connectivity index (χ2v) is 7.94. The third-order valence-electron chi connectivity index (χ3n) is 3.56. The Kier molecular flexibility index (Phi) is 8.93. The zero-order chi connectivity index (χ0) is 18.9. The van der Waals surface area contributed by atoms with Gasteiger partial charge < -0.3 is 10.1 Å². The largest absolute Gasteiger partial charge is 0.481 e. The maximum Gasteiger partial charge on any atom is 0.261 e. The summed E-state index contributed by atoms with van der Waals surface area (Å²) in [6, 6.07) is 12.5. The molecule has 0 aliphatic rings. The Morgan fingerprint density at radius 2 is 1.92 bits per heavy atom. The van der Waals surface area contributed by atoms with Crippen LogP contribution in [-0.4, -0.2) is 24.3 Å². The Balaban J connectivity index is 1.72. The number of hydrogen-bond donors (Lipinski definition) is 1.